The van der Waals surface area contributed by atoms with Crippen LogP contribution in [0.25, 0.3) is 0 Å². The third kappa shape index (κ3) is 6.01. The van der Waals surface area contributed by atoms with Crippen molar-refractivity contribution in [1.29, 1.82) is 5.26 Å². The van der Waals surface area contributed by atoms with Crippen LogP contribution in [0, 0.1) is 11.3 Å². The monoisotopic (exact) mass is 268 g/mol. The number of nitrogens with zero attached hydrogens (tertiary/aromatic N) is 4. The van der Waals surface area contributed by atoms with Gasteiger partial charge in [-0.25, -0.2) is 0 Å². The standard InChI is InChI=1S/C13H24N4O2/c1-15(2)9-12-10-17(7-8-19-12)11-13(18)16(3)6-4-5-14/h12H,4,6-11H2,1-3H3/t12-/m0/s1. The third-order valence-electron chi connectivity index (χ3n) is 3.14. The molecule has 0 bridgehead atoms. The molecule has 19 heavy (non-hydrogen) atoms. The molecule has 0 aromatic carbocycles. The van der Waals surface area contributed by atoms with Gasteiger partial charge < -0.3 is 14.5 Å². The Labute approximate surface area is 115 Å². The molecule has 0 saturated carbocycles. The summed E-state index contributed by atoms with van der Waals surface area (Å²) in [4.78, 5) is 17.8. The second kappa shape index (κ2) is 8.10. The molecule has 1 saturated heterocycles. The Bertz CT molecular complexity index is 327. The van der Waals surface area contributed by atoms with E-state index in [1.807, 2.05) is 14.1 Å². The summed E-state index contributed by atoms with van der Waals surface area (Å²) in [5.41, 5.74) is 0. The number of hydrogen-bond acceptors (Lipinski definition) is 5. The highest BCUT2D eigenvalue weighted by Crippen LogP contribution is 2.06. The number of rotatable bonds is 6. The number of amides is 1. The summed E-state index contributed by atoms with van der Waals surface area (Å²) >= 11 is 0. The molecule has 6 nitrogen and oxygen atoms in total. The van der Waals surface area contributed by atoms with Gasteiger partial charge >= 0.3 is 0 Å². The van der Waals surface area contributed by atoms with E-state index in [9.17, 15) is 4.79 Å². The molecule has 0 spiro atoms. The highest BCUT2D eigenvalue weighted by atomic mass is 16.5. The van der Waals surface area contributed by atoms with E-state index in [-0.39, 0.29) is 12.0 Å². The van der Waals surface area contributed by atoms with Crippen LogP contribution in [0.15, 0.2) is 0 Å². The molecule has 0 N–H and O–H groups in total. The second-order valence-electron chi connectivity index (χ2n) is 5.21. The molecule has 1 atom stereocenters. The first-order valence-electron chi connectivity index (χ1n) is 6.62. The molecule has 0 unspecified atom stereocenters. The summed E-state index contributed by atoms with van der Waals surface area (Å²) < 4.78 is 5.67. The SMILES string of the molecule is CN(C)C[C@H]1CN(CC(=O)N(C)CCC#N)CCO1. The van der Waals surface area contributed by atoms with E-state index in [2.05, 4.69) is 15.9 Å². The lowest BCUT2D eigenvalue weighted by atomic mass is 10.2. The Morgan fingerprint density at radius 2 is 2.21 bits per heavy atom. The average Bonchev–Trinajstić information content (AvgIpc) is 2.35. The summed E-state index contributed by atoms with van der Waals surface area (Å²) in [5, 5.41) is 8.52. The Hall–Kier alpha value is -1.16. The predicted octanol–water partition coefficient (Wildman–Crippen LogP) is -0.379. The first kappa shape index (κ1) is 15.9. The van der Waals surface area contributed by atoms with Crippen LogP contribution < -0.4 is 0 Å². The van der Waals surface area contributed by atoms with Gasteiger partial charge in [0.1, 0.15) is 0 Å². The van der Waals surface area contributed by atoms with Crippen molar-refractivity contribution in [3.05, 3.63) is 0 Å². The largest absolute Gasteiger partial charge is 0.374 e. The van der Waals surface area contributed by atoms with Crippen molar-refractivity contribution in [2.24, 2.45) is 0 Å². The van der Waals surface area contributed by atoms with Crippen LogP contribution in [0.1, 0.15) is 6.42 Å². The van der Waals surface area contributed by atoms with Crippen molar-refractivity contribution in [2.75, 3.05) is 60.5 Å². The minimum absolute atomic E-state index is 0.0701. The lowest BCUT2D eigenvalue weighted by Gasteiger charge is -2.34. The zero-order valence-corrected chi connectivity index (χ0v) is 12.1. The van der Waals surface area contributed by atoms with E-state index in [1.165, 1.54) is 0 Å². The quantitative estimate of drug-likeness (QED) is 0.657. The van der Waals surface area contributed by atoms with Crippen LogP contribution in [-0.2, 0) is 9.53 Å². The first-order chi connectivity index (χ1) is 9.02. The smallest absolute Gasteiger partial charge is 0.236 e. The minimum atomic E-state index is 0.0701. The summed E-state index contributed by atoms with van der Waals surface area (Å²) in [6.07, 6.45) is 0.551. The molecule has 1 rings (SSSR count). The summed E-state index contributed by atoms with van der Waals surface area (Å²) in [6.45, 7) is 4.04. The first-order valence-corrected chi connectivity index (χ1v) is 6.62. The van der Waals surface area contributed by atoms with Crippen LogP contribution in [-0.4, -0.2) is 87.2 Å². The number of carbonyl (C=O) groups excluding carboxylic acids is 1. The second-order valence-corrected chi connectivity index (χ2v) is 5.21. The Kier molecular flexibility index (Phi) is 6.78. The Balaban J connectivity index is 2.35. The Morgan fingerprint density at radius 3 is 2.84 bits per heavy atom. The number of likely N-dealkylation sites (N-methyl/N-ethyl adjacent to an activating group) is 2. The normalized spacial score (nSPS) is 20.3. The predicted molar refractivity (Wildman–Crippen MR) is 72.6 cm³/mol. The topological polar surface area (TPSA) is 59.8 Å². The van der Waals surface area contributed by atoms with Gasteiger partial charge in [0.15, 0.2) is 0 Å². The van der Waals surface area contributed by atoms with Gasteiger partial charge in [0.05, 0.1) is 31.7 Å². The van der Waals surface area contributed by atoms with Gasteiger partial charge in [-0.3, -0.25) is 9.69 Å². The van der Waals surface area contributed by atoms with Crippen molar-refractivity contribution in [3.63, 3.8) is 0 Å². The van der Waals surface area contributed by atoms with Gasteiger partial charge in [-0.15, -0.1) is 0 Å². The van der Waals surface area contributed by atoms with E-state index >= 15 is 0 Å². The maximum atomic E-state index is 12.0. The zero-order chi connectivity index (χ0) is 14.3. The van der Waals surface area contributed by atoms with Crippen LogP contribution in [0.2, 0.25) is 0 Å². The van der Waals surface area contributed by atoms with Gasteiger partial charge in [0.2, 0.25) is 5.91 Å². The van der Waals surface area contributed by atoms with E-state index in [4.69, 9.17) is 10.00 Å². The van der Waals surface area contributed by atoms with Crippen molar-refractivity contribution in [3.8, 4) is 6.07 Å². The molecule has 1 fully saturated rings. The average molecular weight is 268 g/mol. The number of nitriles is 1. The highest BCUT2D eigenvalue weighted by Gasteiger charge is 2.23. The molecule has 108 valence electrons. The summed E-state index contributed by atoms with van der Waals surface area (Å²) in [5.74, 6) is 0.0701. The summed E-state index contributed by atoms with van der Waals surface area (Å²) in [7, 11) is 5.78. The van der Waals surface area contributed by atoms with Gasteiger partial charge in [0.25, 0.3) is 0 Å². The van der Waals surface area contributed by atoms with Crippen molar-refractivity contribution < 1.29 is 9.53 Å². The van der Waals surface area contributed by atoms with Crippen molar-refractivity contribution >= 4 is 5.91 Å². The molecular weight excluding hydrogens is 244 g/mol. The maximum Gasteiger partial charge on any atom is 0.236 e. The molecular formula is C13H24N4O2. The number of ether oxygens (including phenoxy) is 1. The molecule has 6 heteroatoms. The van der Waals surface area contributed by atoms with Gasteiger partial charge in [0, 0.05) is 33.2 Å². The van der Waals surface area contributed by atoms with Gasteiger partial charge in [-0.2, -0.15) is 5.26 Å². The highest BCUT2D eigenvalue weighted by molar-refractivity contribution is 5.78. The van der Waals surface area contributed by atoms with Crippen molar-refractivity contribution in [1.82, 2.24) is 14.7 Å². The number of morpholine rings is 1. The van der Waals surface area contributed by atoms with Crippen LogP contribution in [0.3, 0.4) is 0 Å². The molecule has 1 aliphatic rings. The molecule has 0 aliphatic carbocycles. The van der Waals surface area contributed by atoms with Gasteiger partial charge in [-0.1, -0.05) is 0 Å². The summed E-state index contributed by atoms with van der Waals surface area (Å²) in [6, 6.07) is 2.05. The van der Waals surface area contributed by atoms with E-state index < -0.39 is 0 Å². The van der Waals surface area contributed by atoms with E-state index in [0.29, 0.717) is 26.1 Å². The maximum absolute atomic E-state index is 12.0. The fraction of sp³-hybridized carbons (Fsp3) is 0.846. The number of carbonyl (C=O) groups is 1. The van der Waals surface area contributed by atoms with Gasteiger partial charge in [-0.05, 0) is 14.1 Å². The fourth-order valence-corrected chi connectivity index (χ4v) is 2.10. The van der Waals surface area contributed by atoms with Crippen LogP contribution >= 0.6 is 0 Å². The molecule has 1 heterocycles. The van der Waals surface area contributed by atoms with Crippen LogP contribution in [0.5, 0.6) is 0 Å². The molecule has 0 aromatic heterocycles. The molecule has 0 aromatic rings. The van der Waals surface area contributed by atoms with E-state index in [0.717, 1.165) is 19.6 Å². The lowest BCUT2D eigenvalue weighted by Crippen LogP contribution is -2.49. The minimum Gasteiger partial charge on any atom is -0.374 e. The molecule has 1 amide bonds. The molecule has 1 aliphatic heterocycles. The third-order valence-corrected chi connectivity index (χ3v) is 3.14. The fourth-order valence-electron chi connectivity index (χ4n) is 2.10. The number of hydrogen-bond donors (Lipinski definition) is 0. The molecule has 0 radical (unpaired) electrons. The lowest BCUT2D eigenvalue weighted by molar-refractivity contribution is -0.133. The van der Waals surface area contributed by atoms with E-state index in [1.54, 1.807) is 11.9 Å². The zero-order valence-electron chi connectivity index (χ0n) is 12.1. The Morgan fingerprint density at radius 1 is 1.47 bits per heavy atom. The van der Waals surface area contributed by atoms with Crippen LogP contribution in [0.4, 0.5) is 0 Å². The van der Waals surface area contributed by atoms with Crippen molar-refractivity contribution in [2.45, 2.75) is 12.5 Å².